The highest BCUT2D eigenvalue weighted by molar-refractivity contribution is 6.06. The van der Waals surface area contributed by atoms with Gasteiger partial charge in [0.2, 0.25) is 11.9 Å². The number of amides is 2. The summed E-state index contributed by atoms with van der Waals surface area (Å²) in [5.41, 5.74) is 0.835. The third kappa shape index (κ3) is 2.87. The van der Waals surface area contributed by atoms with E-state index in [0.29, 0.717) is 11.8 Å². The largest absolute Gasteiger partial charge is 0.358 e. The Morgan fingerprint density at radius 3 is 2.80 bits per heavy atom. The van der Waals surface area contributed by atoms with Gasteiger partial charge in [0.05, 0.1) is 6.42 Å². The van der Waals surface area contributed by atoms with Crippen LogP contribution in [0.2, 0.25) is 0 Å². The molecule has 1 aliphatic heterocycles. The van der Waals surface area contributed by atoms with Crippen molar-refractivity contribution in [3.63, 3.8) is 0 Å². The normalized spacial score (nSPS) is 18.6. The number of hydrogen-bond acceptors (Lipinski definition) is 6. The summed E-state index contributed by atoms with van der Waals surface area (Å²) in [6.07, 6.45) is 2.83. The molecular formula is C13H19N5O2. The molecule has 0 aliphatic carbocycles. The summed E-state index contributed by atoms with van der Waals surface area (Å²) in [6.45, 7) is 4.70. The van der Waals surface area contributed by atoms with Gasteiger partial charge in [0.25, 0.3) is 5.91 Å². The van der Waals surface area contributed by atoms with Crippen molar-refractivity contribution in [3.8, 4) is 0 Å². The second kappa shape index (κ2) is 5.85. The zero-order valence-electron chi connectivity index (χ0n) is 11.9. The van der Waals surface area contributed by atoms with Gasteiger partial charge < -0.3 is 10.6 Å². The number of imide groups is 1. The predicted molar refractivity (Wildman–Crippen MR) is 75.4 cm³/mol. The van der Waals surface area contributed by atoms with Gasteiger partial charge in [-0.1, -0.05) is 6.92 Å². The van der Waals surface area contributed by atoms with Crippen molar-refractivity contribution in [2.75, 3.05) is 24.2 Å². The summed E-state index contributed by atoms with van der Waals surface area (Å²) in [4.78, 5) is 33.0. The summed E-state index contributed by atoms with van der Waals surface area (Å²) >= 11 is 0. The van der Waals surface area contributed by atoms with E-state index in [4.69, 9.17) is 0 Å². The molecule has 2 heterocycles. The summed E-state index contributed by atoms with van der Waals surface area (Å²) in [6, 6.07) is -0.542. The number of aryl methyl sites for hydroxylation is 1. The first kappa shape index (κ1) is 14.2. The molecule has 1 aliphatic rings. The Bertz CT molecular complexity index is 531. The summed E-state index contributed by atoms with van der Waals surface area (Å²) < 4.78 is 0. The first-order valence-electron chi connectivity index (χ1n) is 6.67. The average molecular weight is 277 g/mol. The maximum Gasteiger partial charge on any atom is 0.251 e. The first-order valence-corrected chi connectivity index (χ1v) is 6.67. The zero-order chi connectivity index (χ0) is 14.7. The van der Waals surface area contributed by atoms with Gasteiger partial charge >= 0.3 is 0 Å². The molecule has 0 radical (unpaired) electrons. The molecule has 1 saturated heterocycles. The fourth-order valence-corrected chi connectivity index (χ4v) is 1.94. The van der Waals surface area contributed by atoms with Gasteiger partial charge in [-0.05, 0) is 13.3 Å². The van der Waals surface area contributed by atoms with Crippen LogP contribution in [0.4, 0.5) is 11.8 Å². The minimum atomic E-state index is -0.542. The Labute approximate surface area is 117 Å². The van der Waals surface area contributed by atoms with E-state index in [0.717, 1.165) is 23.4 Å². The van der Waals surface area contributed by atoms with Crippen LogP contribution in [-0.2, 0) is 9.59 Å². The fourth-order valence-electron chi connectivity index (χ4n) is 1.94. The van der Waals surface area contributed by atoms with Gasteiger partial charge in [-0.3, -0.25) is 14.5 Å². The van der Waals surface area contributed by atoms with Crippen LogP contribution in [0.5, 0.6) is 0 Å². The lowest BCUT2D eigenvalue weighted by Gasteiger charge is -2.14. The van der Waals surface area contributed by atoms with Crippen LogP contribution in [0.3, 0.4) is 0 Å². The van der Waals surface area contributed by atoms with Crippen LogP contribution in [0.25, 0.3) is 0 Å². The lowest BCUT2D eigenvalue weighted by molar-refractivity contribution is -0.136. The number of likely N-dealkylation sites (tertiary alicyclic amines) is 1. The van der Waals surface area contributed by atoms with Crippen molar-refractivity contribution in [2.45, 2.75) is 32.7 Å². The molecule has 2 amide bonds. The Morgan fingerprint density at radius 2 is 2.20 bits per heavy atom. The molecule has 0 bridgehead atoms. The number of carbonyl (C=O) groups excluding carboxylic acids is 2. The van der Waals surface area contributed by atoms with E-state index in [-0.39, 0.29) is 18.2 Å². The highest BCUT2D eigenvalue weighted by Crippen LogP contribution is 2.19. The van der Waals surface area contributed by atoms with E-state index in [2.05, 4.69) is 27.5 Å². The quantitative estimate of drug-likeness (QED) is 0.773. The van der Waals surface area contributed by atoms with Crippen LogP contribution in [0, 0.1) is 6.92 Å². The van der Waals surface area contributed by atoms with E-state index in [1.807, 2.05) is 6.92 Å². The Hall–Kier alpha value is -2.18. The average Bonchev–Trinajstić information content (AvgIpc) is 2.67. The third-order valence-corrected chi connectivity index (χ3v) is 3.20. The number of rotatable bonds is 5. The lowest BCUT2D eigenvalue weighted by atomic mass is 10.2. The molecule has 2 N–H and O–H groups in total. The van der Waals surface area contributed by atoms with Crippen molar-refractivity contribution in [1.29, 1.82) is 0 Å². The van der Waals surface area contributed by atoms with Gasteiger partial charge in [0.1, 0.15) is 11.9 Å². The van der Waals surface area contributed by atoms with Gasteiger partial charge in [-0.2, -0.15) is 4.98 Å². The monoisotopic (exact) mass is 277 g/mol. The molecule has 0 aromatic carbocycles. The zero-order valence-corrected chi connectivity index (χ0v) is 11.9. The number of likely N-dealkylation sites (N-methyl/N-ethyl adjacent to an activating group) is 1. The number of hydrogen-bond donors (Lipinski definition) is 2. The third-order valence-electron chi connectivity index (χ3n) is 3.20. The topological polar surface area (TPSA) is 87.2 Å². The van der Waals surface area contributed by atoms with Gasteiger partial charge in [-0.25, -0.2) is 4.98 Å². The second-order valence-electron chi connectivity index (χ2n) is 4.84. The van der Waals surface area contributed by atoms with Gasteiger partial charge in [0, 0.05) is 25.4 Å². The van der Waals surface area contributed by atoms with Crippen LogP contribution >= 0.6 is 0 Å². The minimum absolute atomic E-state index is 0.163. The molecular weight excluding hydrogens is 258 g/mol. The molecule has 1 aromatic heterocycles. The molecule has 1 atom stereocenters. The highest BCUT2D eigenvalue weighted by Gasteiger charge is 2.36. The van der Waals surface area contributed by atoms with Crippen LogP contribution in [-0.4, -0.2) is 46.3 Å². The number of anilines is 2. The van der Waals surface area contributed by atoms with Crippen molar-refractivity contribution in [2.24, 2.45) is 0 Å². The predicted octanol–water partition coefficient (Wildman–Crippen LogP) is 0.776. The van der Waals surface area contributed by atoms with Crippen molar-refractivity contribution in [3.05, 3.63) is 11.8 Å². The molecule has 0 saturated carbocycles. The summed E-state index contributed by atoms with van der Waals surface area (Å²) in [5.74, 6) is 0.699. The molecule has 20 heavy (non-hydrogen) atoms. The van der Waals surface area contributed by atoms with Gasteiger partial charge in [-0.15, -0.1) is 0 Å². The maximum absolute atomic E-state index is 11.9. The van der Waals surface area contributed by atoms with Crippen molar-refractivity contribution < 1.29 is 9.59 Å². The van der Waals surface area contributed by atoms with Crippen LogP contribution < -0.4 is 10.6 Å². The molecule has 0 spiro atoms. The molecule has 1 aromatic rings. The summed E-state index contributed by atoms with van der Waals surface area (Å²) in [5, 5.41) is 6.12. The first-order chi connectivity index (χ1) is 9.52. The fraction of sp³-hybridized carbons (Fsp3) is 0.538. The van der Waals surface area contributed by atoms with Crippen molar-refractivity contribution >= 4 is 23.6 Å². The van der Waals surface area contributed by atoms with Gasteiger partial charge in [0.15, 0.2) is 0 Å². The number of carbonyl (C=O) groups is 2. The van der Waals surface area contributed by atoms with E-state index in [1.165, 1.54) is 7.05 Å². The number of nitrogens with one attached hydrogen (secondary N) is 2. The Morgan fingerprint density at radius 1 is 1.45 bits per heavy atom. The number of aromatic nitrogens is 2. The molecule has 1 fully saturated rings. The maximum atomic E-state index is 11.9. The standard InChI is InChI=1S/C13H19N5O2/c1-4-5-14-13-15-7-8(2)11(17-13)16-9-6-10(19)18(3)12(9)20/h7,9H,4-6H2,1-3H3,(H2,14,15,16,17). The van der Waals surface area contributed by atoms with E-state index in [9.17, 15) is 9.59 Å². The second-order valence-corrected chi connectivity index (χ2v) is 4.84. The molecule has 1 unspecified atom stereocenters. The van der Waals surface area contributed by atoms with E-state index >= 15 is 0 Å². The Kier molecular flexibility index (Phi) is 4.16. The SMILES string of the molecule is CCCNc1ncc(C)c(NC2CC(=O)N(C)C2=O)n1. The number of nitrogens with zero attached hydrogens (tertiary/aromatic N) is 3. The smallest absolute Gasteiger partial charge is 0.251 e. The Balaban J connectivity index is 2.12. The van der Waals surface area contributed by atoms with Crippen molar-refractivity contribution in [1.82, 2.24) is 14.9 Å². The van der Waals surface area contributed by atoms with Crippen LogP contribution in [0.15, 0.2) is 6.20 Å². The molecule has 7 heteroatoms. The van der Waals surface area contributed by atoms with Crippen LogP contribution in [0.1, 0.15) is 25.3 Å². The molecule has 7 nitrogen and oxygen atoms in total. The van der Waals surface area contributed by atoms with E-state index in [1.54, 1.807) is 6.20 Å². The highest BCUT2D eigenvalue weighted by atomic mass is 16.2. The molecule has 2 rings (SSSR count). The lowest BCUT2D eigenvalue weighted by Crippen LogP contribution is -2.32. The molecule has 108 valence electrons. The minimum Gasteiger partial charge on any atom is -0.358 e. The summed E-state index contributed by atoms with van der Waals surface area (Å²) in [7, 11) is 1.49. The van der Waals surface area contributed by atoms with E-state index < -0.39 is 6.04 Å².